The molecule has 7 nitrogen and oxygen atoms in total. The molecule has 8 heteroatoms. The van der Waals surface area contributed by atoms with Crippen molar-refractivity contribution in [3.63, 3.8) is 0 Å². The van der Waals surface area contributed by atoms with Gasteiger partial charge in [0.05, 0.1) is 18.1 Å². The van der Waals surface area contributed by atoms with Gasteiger partial charge in [-0.05, 0) is 58.0 Å². The zero-order valence-electron chi connectivity index (χ0n) is 15.7. The fraction of sp³-hybridized carbons (Fsp3) is 0.611. The summed E-state index contributed by atoms with van der Waals surface area (Å²) in [5, 5.41) is 6.21. The van der Waals surface area contributed by atoms with Crippen LogP contribution in [0.3, 0.4) is 0 Å². The average Bonchev–Trinajstić information content (AvgIpc) is 2.61. The maximum Gasteiger partial charge on any atom is 0.251 e. The highest BCUT2D eigenvalue weighted by molar-refractivity contribution is 7.89. The van der Waals surface area contributed by atoms with Crippen LogP contribution in [0.25, 0.3) is 0 Å². The van der Waals surface area contributed by atoms with Gasteiger partial charge in [0, 0.05) is 30.7 Å². The second kappa shape index (κ2) is 8.94. The van der Waals surface area contributed by atoms with Crippen LogP contribution >= 0.6 is 0 Å². The second-order valence-electron chi connectivity index (χ2n) is 7.33. The molecule has 0 bridgehead atoms. The van der Waals surface area contributed by atoms with Crippen LogP contribution in [-0.4, -0.2) is 63.6 Å². The molecule has 0 aliphatic carbocycles. The first kappa shape index (κ1) is 20.8. The van der Waals surface area contributed by atoms with Crippen LogP contribution in [0.2, 0.25) is 0 Å². The Hall–Kier alpha value is -1.48. The summed E-state index contributed by atoms with van der Waals surface area (Å²) in [4.78, 5) is 12.4. The van der Waals surface area contributed by atoms with Gasteiger partial charge in [0.25, 0.3) is 5.91 Å². The van der Waals surface area contributed by atoms with Gasteiger partial charge >= 0.3 is 0 Å². The summed E-state index contributed by atoms with van der Waals surface area (Å²) >= 11 is 0. The number of nitrogens with zero attached hydrogens (tertiary/aromatic N) is 1. The number of sulfonamides is 1. The monoisotopic (exact) mass is 383 g/mol. The molecule has 146 valence electrons. The molecule has 1 aliphatic rings. The molecular weight excluding hydrogens is 354 g/mol. The van der Waals surface area contributed by atoms with Crippen LogP contribution < -0.4 is 10.6 Å². The van der Waals surface area contributed by atoms with Crippen LogP contribution in [0.5, 0.6) is 0 Å². The van der Waals surface area contributed by atoms with E-state index in [9.17, 15) is 13.2 Å². The number of ether oxygens (including phenoxy) is 1. The van der Waals surface area contributed by atoms with Crippen molar-refractivity contribution in [2.75, 3.05) is 39.4 Å². The molecule has 1 fully saturated rings. The normalized spacial score (nSPS) is 16.4. The maximum atomic E-state index is 12.6. The van der Waals surface area contributed by atoms with E-state index in [4.69, 9.17) is 4.74 Å². The number of carbonyl (C=O) groups excluding carboxylic acids is 1. The largest absolute Gasteiger partial charge is 0.379 e. The summed E-state index contributed by atoms with van der Waals surface area (Å²) in [7, 11) is -3.53. The Morgan fingerprint density at radius 1 is 1.12 bits per heavy atom. The zero-order chi connectivity index (χ0) is 19.2. The quantitative estimate of drug-likeness (QED) is 0.691. The Kier molecular flexibility index (Phi) is 7.16. The van der Waals surface area contributed by atoms with E-state index in [2.05, 4.69) is 31.4 Å². The lowest BCUT2D eigenvalue weighted by Crippen LogP contribution is -2.40. The third kappa shape index (κ3) is 6.05. The third-order valence-corrected chi connectivity index (χ3v) is 5.93. The first-order chi connectivity index (χ1) is 12.2. The van der Waals surface area contributed by atoms with Crippen molar-refractivity contribution < 1.29 is 17.9 Å². The van der Waals surface area contributed by atoms with E-state index in [1.807, 2.05) is 0 Å². The average molecular weight is 384 g/mol. The summed E-state index contributed by atoms with van der Waals surface area (Å²) in [5.74, 6) is -0.198. The molecule has 1 heterocycles. The molecule has 1 aliphatic heterocycles. The molecule has 2 N–H and O–H groups in total. The minimum atomic E-state index is -3.53. The van der Waals surface area contributed by atoms with Crippen LogP contribution in [0.15, 0.2) is 29.2 Å². The van der Waals surface area contributed by atoms with Crippen LogP contribution in [-0.2, 0) is 14.8 Å². The summed E-state index contributed by atoms with van der Waals surface area (Å²) in [5.41, 5.74) is 0.515. The number of hydrogen-bond acceptors (Lipinski definition) is 5. The summed E-state index contributed by atoms with van der Waals surface area (Å²) in [6.07, 6.45) is 0.826. The van der Waals surface area contributed by atoms with E-state index >= 15 is 0 Å². The highest BCUT2D eigenvalue weighted by Gasteiger charge is 2.26. The first-order valence-electron chi connectivity index (χ1n) is 8.91. The minimum Gasteiger partial charge on any atom is -0.379 e. The standard InChI is InChI=1S/C18H29N3O4S/c1-18(2,3)20-10-4-9-19-17(22)15-5-7-16(8-6-15)26(23,24)21-11-13-25-14-12-21/h5-8,20H,4,9-14H2,1-3H3,(H,19,22). The van der Waals surface area contributed by atoms with Crippen LogP contribution in [0.4, 0.5) is 0 Å². The van der Waals surface area contributed by atoms with Gasteiger partial charge in [-0.1, -0.05) is 0 Å². The summed E-state index contributed by atoms with van der Waals surface area (Å²) in [6.45, 7) is 9.19. The lowest BCUT2D eigenvalue weighted by Gasteiger charge is -2.26. The molecule has 1 amide bonds. The van der Waals surface area contributed by atoms with Crippen molar-refractivity contribution in [2.24, 2.45) is 0 Å². The van der Waals surface area contributed by atoms with E-state index < -0.39 is 10.0 Å². The number of benzene rings is 1. The van der Waals surface area contributed by atoms with Gasteiger partial charge in [-0.15, -0.1) is 0 Å². The molecule has 1 saturated heterocycles. The SMILES string of the molecule is CC(C)(C)NCCCNC(=O)c1ccc(S(=O)(=O)N2CCOCC2)cc1. The van der Waals surface area contributed by atoms with E-state index in [1.165, 1.54) is 16.4 Å². The molecule has 2 rings (SSSR count). The number of amides is 1. The maximum absolute atomic E-state index is 12.6. The highest BCUT2D eigenvalue weighted by Crippen LogP contribution is 2.17. The molecular formula is C18H29N3O4S. The zero-order valence-corrected chi connectivity index (χ0v) is 16.6. The smallest absolute Gasteiger partial charge is 0.251 e. The summed E-state index contributed by atoms with van der Waals surface area (Å²) in [6, 6.07) is 6.08. The Labute approximate surface area is 156 Å². The van der Waals surface area contributed by atoms with Gasteiger partial charge in [0.1, 0.15) is 0 Å². The molecule has 1 aromatic rings. The number of morpholine rings is 1. The third-order valence-electron chi connectivity index (χ3n) is 4.02. The van der Waals surface area contributed by atoms with Gasteiger partial charge in [0.2, 0.25) is 10.0 Å². The Bertz CT molecular complexity index is 690. The van der Waals surface area contributed by atoms with Crippen molar-refractivity contribution in [1.29, 1.82) is 0 Å². The number of carbonyl (C=O) groups is 1. The molecule has 26 heavy (non-hydrogen) atoms. The van der Waals surface area contributed by atoms with Crippen molar-refractivity contribution in [3.8, 4) is 0 Å². The summed E-state index contributed by atoms with van der Waals surface area (Å²) < 4.78 is 31.7. The molecule has 0 saturated carbocycles. The van der Waals surface area contributed by atoms with Crippen molar-refractivity contribution in [2.45, 2.75) is 37.6 Å². The van der Waals surface area contributed by atoms with Crippen LogP contribution in [0, 0.1) is 0 Å². The molecule has 0 atom stereocenters. The van der Waals surface area contributed by atoms with E-state index in [1.54, 1.807) is 12.1 Å². The van der Waals surface area contributed by atoms with Gasteiger partial charge < -0.3 is 15.4 Å². The molecule has 0 radical (unpaired) electrons. The first-order valence-corrected chi connectivity index (χ1v) is 10.4. The van der Waals surface area contributed by atoms with Gasteiger partial charge in [-0.3, -0.25) is 4.79 Å². The van der Waals surface area contributed by atoms with E-state index in [-0.39, 0.29) is 16.3 Å². The van der Waals surface area contributed by atoms with Gasteiger partial charge in [-0.2, -0.15) is 4.31 Å². The van der Waals surface area contributed by atoms with Crippen LogP contribution in [0.1, 0.15) is 37.6 Å². The highest BCUT2D eigenvalue weighted by atomic mass is 32.2. The number of nitrogens with one attached hydrogen (secondary N) is 2. The predicted molar refractivity (Wildman–Crippen MR) is 101 cm³/mol. The Balaban J connectivity index is 1.87. The Morgan fingerprint density at radius 3 is 2.31 bits per heavy atom. The van der Waals surface area contributed by atoms with Gasteiger partial charge in [-0.25, -0.2) is 8.42 Å². The number of rotatable bonds is 7. The second-order valence-corrected chi connectivity index (χ2v) is 9.27. The van der Waals surface area contributed by atoms with E-state index in [0.717, 1.165) is 13.0 Å². The lowest BCUT2D eigenvalue weighted by atomic mass is 10.1. The topological polar surface area (TPSA) is 87.7 Å². The fourth-order valence-corrected chi connectivity index (χ4v) is 3.98. The predicted octanol–water partition coefficient (Wildman–Crippen LogP) is 1.22. The fourth-order valence-electron chi connectivity index (χ4n) is 2.57. The molecule has 0 unspecified atom stereocenters. The van der Waals surface area contributed by atoms with Crippen molar-refractivity contribution >= 4 is 15.9 Å². The van der Waals surface area contributed by atoms with E-state index in [0.29, 0.717) is 38.4 Å². The van der Waals surface area contributed by atoms with Crippen molar-refractivity contribution in [1.82, 2.24) is 14.9 Å². The molecule has 1 aromatic carbocycles. The molecule has 0 spiro atoms. The van der Waals surface area contributed by atoms with Crippen molar-refractivity contribution in [3.05, 3.63) is 29.8 Å². The minimum absolute atomic E-state index is 0.0613. The molecule has 0 aromatic heterocycles. The lowest BCUT2D eigenvalue weighted by molar-refractivity contribution is 0.0730. The van der Waals surface area contributed by atoms with Gasteiger partial charge in [0.15, 0.2) is 0 Å². The number of hydrogen-bond donors (Lipinski definition) is 2. The Morgan fingerprint density at radius 2 is 1.73 bits per heavy atom.